The van der Waals surface area contributed by atoms with Crippen LogP contribution in [0.3, 0.4) is 0 Å². The minimum atomic E-state index is -0.666. The summed E-state index contributed by atoms with van der Waals surface area (Å²) < 4.78 is 0.669. The van der Waals surface area contributed by atoms with Crippen LogP contribution in [-0.2, 0) is 11.2 Å². The molecule has 3 rings (SSSR count). The number of aliphatic hydroxyl groups is 1. The lowest BCUT2D eigenvalue weighted by molar-refractivity contribution is -0.118. The van der Waals surface area contributed by atoms with Crippen molar-refractivity contribution in [3.63, 3.8) is 0 Å². The van der Waals surface area contributed by atoms with Gasteiger partial charge in [0.05, 0.1) is 4.34 Å². The number of halogens is 1. The molecule has 3 nitrogen and oxygen atoms in total. The van der Waals surface area contributed by atoms with Crippen molar-refractivity contribution >= 4 is 34.5 Å². The topological polar surface area (TPSA) is 40.5 Å². The Hall–Kier alpha value is -1.36. The van der Waals surface area contributed by atoms with Crippen LogP contribution in [0, 0.1) is 0 Å². The highest BCUT2D eigenvalue weighted by atomic mass is 35.5. The van der Waals surface area contributed by atoms with Crippen LogP contribution in [0.15, 0.2) is 30.3 Å². The Morgan fingerprint density at radius 1 is 1.30 bits per heavy atom. The summed E-state index contributed by atoms with van der Waals surface area (Å²) in [5, 5.41) is 10.4. The molecule has 1 aromatic carbocycles. The van der Waals surface area contributed by atoms with Gasteiger partial charge in [-0.05, 0) is 35.7 Å². The highest BCUT2D eigenvalue weighted by Crippen LogP contribution is 2.34. The summed E-state index contributed by atoms with van der Waals surface area (Å²) >= 11 is 7.29. The number of aliphatic hydroxyl groups excluding tert-OH is 1. The van der Waals surface area contributed by atoms with Crippen LogP contribution in [-0.4, -0.2) is 18.1 Å². The van der Waals surface area contributed by atoms with E-state index in [1.165, 1.54) is 11.3 Å². The minimum Gasteiger partial charge on any atom is -0.383 e. The van der Waals surface area contributed by atoms with Crippen LogP contribution in [0.5, 0.6) is 0 Å². The first-order valence-electron chi connectivity index (χ1n) is 6.39. The maximum absolute atomic E-state index is 11.7. The van der Waals surface area contributed by atoms with E-state index in [0.29, 0.717) is 10.8 Å². The molecule has 1 aliphatic heterocycles. The van der Waals surface area contributed by atoms with Crippen LogP contribution in [0.2, 0.25) is 4.34 Å². The van der Waals surface area contributed by atoms with Gasteiger partial charge in [-0.3, -0.25) is 4.79 Å². The van der Waals surface area contributed by atoms with Crippen molar-refractivity contribution in [1.82, 2.24) is 0 Å². The number of thiophene rings is 1. The van der Waals surface area contributed by atoms with Crippen molar-refractivity contribution in [2.75, 3.05) is 11.9 Å². The standard InChI is InChI=1S/C15H14ClNO2S/c1-17-11-4-2-10(8-9(11)3-7-14(17)18)15(19)12-5-6-13(16)20-12/h2,4-6,8,15,19H,3,7H2,1H3. The summed E-state index contributed by atoms with van der Waals surface area (Å²) in [5.41, 5.74) is 2.87. The number of nitrogens with zero attached hydrogens (tertiary/aromatic N) is 1. The number of carbonyl (C=O) groups is 1. The monoisotopic (exact) mass is 307 g/mol. The van der Waals surface area contributed by atoms with Crippen LogP contribution in [0.4, 0.5) is 5.69 Å². The predicted octanol–water partition coefficient (Wildman–Crippen LogP) is 3.39. The predicted molar refractivity (Wildman–Crippen MR) is 81.6 cm³/mol. The third-order valence-electron chi connectivity index (χ3n) is 3.63. The number of carbonyl (C=O) groups excluding carboxylic acids is 1. The summed E-state index contributed by atoms with van der Waals surface area (Å²) in [6, 6.07) is 9.38. The molecule has 1 N–H and O–H groups in total. The molecule has 0 aliphatic carbocycles. The van der Waals surface area contributed by atoms with Gasteiger partial charge >= 0.3 is 0 Å². The first kappa shape index (κ1) is 13.6. The second-order valence-electron chi connectivity index (χ2n) is 4.89. The zero-order valence-electron chi connectivity index (χ0n) is 11.0. The third kappa shape index (κ3) is 2.35. The molecule has 1 unspecified atom stereocenters. The highest BCUT2D eigenvalue weighted by molar-refractivity contribution is 7.16. The molecular weight excluding hydrogens is 294 g/mol. The zero-order valence-corrected chi connectivity index (χ0v) is 12.5. The summed E-state index contributed by atoms with van der Waals surface area (Å²) in [7, 11) is 1.79. The van der Waals surface area contributed by atoms with Crippen molar-refractivity contribution in [3.05, 3.63) is 50.7 Å². The van der Waals surface area contributed by atoms with Gasteiger partial charge < -0.3 is 10.0 Å². The molecule has 0 spiro atoms. The SMILES string of the molecule is CN1C(=O)CCc2cc(C(O)c3ccc(Cl)s3)ccc21. The fraction of sp³-hybridized carbons (Fsp3) is 0.267. The van der Waals surface area contributed by atoms with Crippen molar-refractivity contribution in [3.8, 4) is 0 Å². The minimum absolute atomic E-state index is 0.135. The van der Waals surface area contributed by atoms with E-state index in [1.807, 2.05) is 24.3 Å². The van der Waals surface area contributed by atoms with Gasteiger partial charge in [0.2, 0.25) is 5.91 Å². The van der Waals surface area contributed by atoms with Crippen molar-refractivity contribution in [2.45, 2.75) is 18.9 Å². The zero-order chi connectivity index (χ0) is 14.3. The Bertz CT molecular complexity index is 668. The molecule has 0 radical (unpaired) electrons. The summed E-state index contributed by atoms with van der Waals surface area (Å²) in [5.74, 6) is 0.135. The smallest absolute Gasteiger partial charge is 0.227 e. The van der Waals surface area contributed by atoms with Crippen molar-refractivity contribution < 1.29 is 9.90 Å². The molecule has 20 heavy (non-hydrogen) atoms. The molecule has 0 bridgehead atoms. The molecule has 1 aliphatic rings. The molecule has 2 heterocycles. The summed E-state index contributed by atoms with van der Waals surface area (Å²) in [6.07, 6.45) is 0.582. The average Bonchev–Trinajstić information content (AvgIpc) is 2.88. The second-order valence-corrected chi connectivity index (χ2v) is 6.63. The highest BCUT2D eigenvalue weighted by Gasteiger charge is 2.22. The van der Waals surface area contributed by atoms with E-state index < -0.39 is 6.10 Å². The van der Waals surface area contributed by atoms with Gasteiger partial charge in [-0.15, -0.1) is 11.3 Å². The number of rotatable bonds is 2. The van der Waals surface area contributed by atoms with Gasteiger partial charge in [0, 0.05) is 24.0 Å². The Kier molecular flexibility index (Phi) is 3.54. The second kappa shape index (κ2) is 5.20. The van der Waals surface area contributed by atoms with Gasteiger partial charge in [-0.25, -0.2) is 0 Å². The number of hydrogen-bond donors (Lipinski definition) is 1. The summed E-state index contributed by atoms with van der Waals surface area (Å²) in [4.78, 5) is 14.2. The van der Waals surface area contributed by atoms with E-state index in [-0.39, 0.29) is 5.91 Å². The van der Waals surface area contributed by atoms with Crippen LogP contribution in [0.1, 0.15) is 28.5 Å². The first-order chi connectivity index (χ1) is 9.56. The average molecular weight is 308 g/mol. The van der Waals surface area contributed by atoms with Gasteiger partial charge in [0.1, 0.15) is 6.10 Å². The van der Waals surface area contributed by atoms with Crippen molar-refractivity contribution in [2.24, 2.45) is 0 Å². The van der Waals surface area contributed by atoms with Crippen LogP contribution < -0.4 is 4.90 Å². The van der Waals surface area contributed by atoms with E-state index in [1.54, 1.807) is 18.0 Å². The normalized spacial score (nSPS) is 16.1. The molecule has 1 amide bonds. The van der Waals surface area contributed by atoms with Gasteiger partial charge in [-0.1, -0.05) is 23.7 Å². The number of aryl methyl sites for hydroxylation is 1. The maximum Gasteiger partial charge on any atom is 0.227 e. The molecule has 104 valence electrons. The largest absolute Gasteiger partial charge is 0.383 e. The lowest BCUT2D eigenvalue weighted by Gasteiger charge is -2.26. The fourth-order valence-electron chi connectivity index (χ4n) is 2.49. The fourth-order valence-corrected chi connectivity index (χ4v) is 3.56. The van der Waals surface area contributed by atoms with E-state index in [2.05, 4.69) is 0 Å². The molecule has 0 saturated heterocycles. The van der Waals surface area contributed by atoms with Crippen LogP contribution >= 0.6 is 22.9 Å². The molecule has 1 atom stereocenters. The van der Waals surface area contributed by atoms with Gasteiger partial charge in [0.25, 0.3) is 0 Å². The molecule has 0 saturated carbocycles. The Morgan fingerprint density at radius 3 is 2.80 bits per heavy atom. The van der Waals surface area contributed by atoms with Gasteiger partial charge in [0.15, 0.2) is 0 Å². The van der Waals surface area contributed by atoms with E-state index in [0.717, 1.165) is 28.1 Å². The molecule has 0 fully saturated rings. The van der Waals surface area contributed by atoms with Crippen LogP contribution in [0.25, 0.3) is 0 Å². The Labute approximate surface area is 126 Å². The van der Waals surface area contributed by atoms with E-state index in [9.17, 15) is 9.90 Å². The lowest BCUT2D eigenvalue weighted by Crippen LogP contribution is -2.31. The quantitative estimate of drug-likeness (QED) is 0.924. The van der Waals surface area contributed by atoms with Crippen molar-refractivity contribution in [1.29, 1.82) is 0 Å². The molecular formula is C15H14ClNO2S. The number of fused-ring (bicyclic) bond motifs is 1. The number of amides is 1. The molecule has 1 aromatic heterocycles. The molecule has 2 aromatic rings. The summed E-state index contributed by atoms with van der Waals surface area (Å²) in [6.45, 7) is 0. The number of benzene rings is 1. The first-order valence-corrected chi connectivity index (χ1v) is 7.58. The Balaban J connectivity index is 1.95. The van der Waals surface area contributed by atoms with Gasteiger partial charge in [-0.2, -0.15) is 0 Å². The lowest BCUT2D eigenvalue weighted by atomic mass is 9.97. The third-order valence-corrected chi connectivity index (χ3v) is 4.91. The van der Waals surface area contributed by atoms with E-state index in [4.69, 9.17) is 11.6 Å². The maximum atomic E-state index is 11.7. The van der Waals surface area contributed by atoms with E-state index >= 15 is 0 Å². The number of anilines is 1. The Morgan fingerprint density at radius 2 is 2.10 bits per heavy atom. The number of hydrogen-bond acceptors (Lipinski definition) is 3. The molecule has 5 heteroatoms.